The Morgan fingerprint density at radius 1 is 1.12 bits per heavy atom. The minimum atomic E-state index is -0.571. The first-order valence-electron chi connectivity index (χ1n) is 7.88. The molecule has 1 aliphatic heterocycles. The van der Waals surface area contributed by atoms with Crippen LogP contribution in [0.15, 0.2) is 81.9 Å². The predicted molar refractivity (Wildman–Crippen MR) is 102 cm³/mol. The number of thioether (sulfide) groups is 1. The summed E-state index contributed by atoms with van der Waals surface area (Å²) in [6.07, 6.45) is 1.83. The Hall–Kier alpha value is -2.79. The lowest BCUT2D eigenvalue weighted by Gasteiger charge is -2.03. The third kappa shape index (κ3) is 4.00. The van der Waals surface area contributed by atoms with E-state index >= 15 is 0 Å². The summed E-state index contributed by atoms with van der Waals surface area (Å²) in [6, 6.07) is 18.9. The van der Waals surface area contributed by atoms with Gasteiger partial charge in [-0.15, -0.1) is 0 Å². The molecule has 0 amide bonds. The first-order chi connectivity index (χ1) is 12.2. The Bertz CT molecular complexity index is 855. The van der Waals surface area contributed by atoms with E-state index in [-0.39, 0.29) is 17.9 Å². The van der Waals surface area contributed by atoms with Gasteiger partial charge in [0.15, 0.2) is 0 Å². The fraction of sp³-hybridized carbons (Fsp3) is 0.100. The van der Waals surface area contributed by atoms with E-state index in [1.807, 2.05) is 66.7 Å². The van der Waals surface area contributed by atoms with Crippen LogP contribution in [0.2, 0.25) is 0 Å². The molecule has 0 saturated heterocycles. The molecular formula is C20H17NO3S. The van der Waals surface area contributed by atoms with Crippen molar-refractivity contribution >= 4 is 34.5 Å². The van der Waals surface area contributed by atoms with Gasteiger partial charge in [0.25, 0.3) is 0 Å². The van der Waals surface area contributed by atoms with Crippen LogP contribution in [0.1, 0.15) is 12.5 Å². The van der Waals surface area contributed by atoms with Crippen molar-refractivity contribution in [3.63, 3.8) is 0 Å². The third-order valence-electron chi connectivity index (χ3n) is 3.45. The molecule has 0 radical (unpaired) electrons. The number of benzene rings is 2. The highest BCUT2D eigenvalue weighted by molar-refractivity contribution is 8.18. The highest BCUT2D eigenvalue weighted by Crippen LogP contribution is 2.40. The molecule has 4 nitrogen and oxygen atoms in total. The summed E-state index contributed by atoms with van der Waals surface area (Å²) >= 11 is 1.26. The van der Waals surface area contributed by atoms with Crippen LogP contribution in [0.3, 0.4) is 0 Å². The molecule has 0 fully saturated rings. The second-order valence-corrected chi connectivity index (χ2v) is 6.25. The molecule has 1 aliphatic rings. The molecule has 0 aromatic heterocycles. The summed E-state index contributed by atoms with van der Waals surface area (Å²) in [5.41, 5.74) is 1.75. The van der Waals surface area contributed by atoms with Crippen molar-refractivity contribution in [2.75, 3.05) is 6.61 Å². The first-order valence-corrected chi connectivity index (χ1v) is 8.70. The largest absolute Gasteiger partial charge is 0.506 e. The molecule has 2 aromatic carbocycles. The topological polar surface area (TPSA) is 58.9 Å². The Kier molecular flexibility index (Phi) is 5.36. The van der Waals surface area contributed by atoms with Crippen LogP contribution in [-0.4, -0.2) is 22.7 Å². The fourth-order valence-corrected chi connectivity index (χ4v) is 3.35. The Morgan fingerprint density at radius 3 is 2.40 bits per heavy atom. The molecule has 3 rings (SSSR count). The average Bonchev–Trinajstić information content (AvgIpc) is 2.92. The van der Waals surface area contributed by atoms with Crippen molar-refractivity contribution in [1.29, 1.82) is 0 Å². The van der Waals surface area contributed by atoms with Gasteiger partial charge in [-0.25, -0.2) is 9.79 Å². The molecule has 0 spiro atoms. The molecule has 25 heavy (non-hydrogen) atoms. The molecule has 5 heteroatoms. The van der Waals surface area contributed by atoms with Crippen molar-refractivity contribution in [2.45, 2.75) is 6.92 Å². The minimum Gasteiger partial charge on any atom is -0.506 e. The number of aliphatic hydroxyl groups is 1. The van der Waals surface area contributed by atoms with E-state index in [4.69, 9.17) is 4.74 Å². The number of hydrogen-bond acceptors (Lipinski definition) is 5. The lowest BCUT2D eigenvalue weighted by Crippen LogP contribution is -2.12. The van der Waals surface area contributed by atoms with Crippen molar-refractivity contribution < 1.29 is 14.6 Å². The van der Waals surface area contributed by atoms with Crippen LogP contribution in [0.5, 0.6) is 0 Å². The molecule has 0 atom stereocenters. The Morgan fingerprint density at radius 2 is 1.76 bits per heavy atom. The van der Waals surface area contributed by atoms with Gasteiger partial charge in [-0.05, 0) is 30.7 Å². The van der Waals surface area contributed by atoms with Crippen LogP contribution >= 0.6 is 11.8 Å². The number of esters is 1. The molecule has 0 unspecified atom stereocenters. The first kappa shape index (κ1) is 17.0. The van der Waals surface area contributed by atoms with Crippen molar-refractivity contribution in [1.82, 2.24) is 0 Å². The third-order valence-corrected chi connectivity index (χ3v) is 4.47. The highest BCUT2D eigenvalue weighted by atomic mass is 32.2. The van der Waals surface area contributed by atoms with Gasteiger partial charge in [0.2, 0.25) is 0 Å². The van der Waals surface area contributed by atoms with E-state index in [0.717, 1.165) is 5.56 Å². The number of nitrogens with zero attached hydrogens (tertiary/aromatic N) is 1. The lowest BCUT2D eigenvalue weighted by molar-refractivity contribution is -0.138. The van der Waals surface area contributed by atoms with Crippen molar-refractivity contribution in [2.24, 2.45) is 4.99 Å². The molecule has 2 aromatic rings. The van der Waals surface area contributed by atoms with Crippen molar-refractivity contribution in [3.8, 4) is 0 Å². The molecule has 0 aliphatic carbocycles. The number of rotatable bonds is 4. The van der Waals surface area contributed by atoms with Gasteiger partial charge in [-0.2, -0.15) is 0 Å². The standard InChI is InChI=1S/C20H17NO3S/c1-2-24-20(23)17-18(22)16(13-14-9-5-3-6-10-14)25-19(17)21-15-11-7-4-8-12-15/h3-13,22H,2H2,1H3. The number of carbonyl (C=O) groups excluding carboxylic acids is 1. The van der Waals surface area contributed by atoms with E-state index in [9.17, 15) is 9.90 Å². The lowest BCUT2D eigenvalue weighted by atomic mass is 10.1. The number of hydrogen-bond donors (Lipinski definition) is 1. The minimum absolute atomic E-state index is 0.0954. The number of ether oxygens (including phenoxy) is 1. The van der Waals surface area contributed by atoms with Gasteiger partial charge in [0.1, 0.15) is 16.4 Å². The Labute approximate surface area is 150 Å². The van der Waals surface area contributed by atoms with Gasteiger partial charge >= 0.3 is 5.97 Å². The second kappa shape index (κ2) is 7.85. The van der Waals surface area contributed by atoms with Gasteiger partial charge in [0.05, 0.1) is 17.2 Å². The molecule has 1 heterocycles. The summed E-state index contributed by atoms with van der Waals surface area (Å²) in [5.74, 6) is -0.666. The van der Waals surface area contributed by atoms with Crippen molar-refractivity contribution in [3.05, 3.63) is 82.5 Å². The van der Waals surface area contributed by atoms with Gasteiger partial charge in [-0.1, -0.05) is 60.3 Å². The van der Waals surface area contributed by atoms with Crippen LogP contribution in [0, 0.1) is 0 Å². The molecule has 0 saturated carbocycles. The maximum atomic E-state index is 12.3. The van der Waals surface area contributed by atoms with Crippen LogP contribution in [-0.2, 0) is 9.53 Å². The SMILES string of the molecule is CCOC(=O)C1=C(O)C(=Cc2ccccc2)SC1=Nc1ccccc1. The summed E-state index contributed by atoms with van der Waals surface area (Å²) in [5, 5.41) is 11.0. The van der Waals surface area contributed by atoms with Crippen LogP contribution in [0.4, 0.5) is 5.69 Å². The summed E-state index contributed by atoms with van der Waals surface area (Å²) in [4.78, 5) is 17.4. The zero-order valence-electron chi connectivity index (χ0n) is 13.7. The Balaban J connectivity index is 2.03. The summed E-state index contributed by atoms with van der Waals surface area (Å²) in [7, 11) is 0. The number of aliphatic imine (C=N–C) groups is 1. The summed E-state index contributed by atoms with van der Waals surface area (Å²) in [6.45, 7) is 1.96. The van der Waals surface area contributed by atoms with E-state index in [0.29, 0.717) is 15.6 Å². The molecule has 1 N–H and O–H groups in total. The fourth-order valence-electron chi connectivity index (χ4n) is 2.31. The monoisotopic (exact) mass is 351 g/mol. The maximum Gasteiger partial charge on any atom is 0.344 e. The number of aliphatic hydroxyl groups excluding tert-OH is 1. The number of para-hydroxylation sites is 1. The van der Waals surface area contributed by atoms with E-state index in [1.165, 1.54) is 11.8 Å². The van der Waals surface area contributed by atoms with Gasteiger partial charge in [0, 0.05) is 0 Å². The van der Waals surface area contributed by atoms with Crippen LogP contribution < -0.4 is 0 Å². The smallest absolute Gasteiger partial charge is 0.344 e. The number of carbonyl (C=O) groups is 1. The summed E-state index contributed by atoms with van der Waals surface area (Å²) < 4.78 is 5.08. The quantitative estimate of drug-likeness (QED) is 0.798. The van der Waals surface area contributed by atoms with E-state index < -0.39 is 5.97 Å². The zero-order chi connectivity index (χ0) is 17.6. The van der Waals surface area contributed by atoms with E-state index in [1.54, 1.807) is 6.92 Å². The average molecular weight is 351 g/mol. The molecule has 0 bridgehead atoms. The second-order valence-electron chi connectivity index (χ2n) is 5.22. The molecule has 126 valence electrons. The molecular weight excluding hydrogens is 334 g/mol. The normalized spacial score (nSPS) is 17.3. The highest BCUT2D eigenvalue weighted by Gasteiger charge is 2.33. The van der Waals surface area contributed by atoms with Crippen LogP contribution in [0.25, 0.3) is 6.08 Å². The zero-order valence-corrected chi connectivity index (χ0v) is 14.5. The van der Waals surface area contributed by atoms with Gasteiger partial charge in [-0.3, -0.25) is 0 Å². The maximum absolute atomic E-state index is 12.3. The van der Waals surface area contributed by atoms with Gasteiger partial charge < -0.3 is 9.84 Å². The van der Waals surface area contributed by atoms with E-state index in [2.05, 4.69) is 4.99 Å². The predicted octanol–water partition coefficient (Wildman–Crippen LogP) is 4.88.